The molecule has 0 aromatic carbocycles. The fourth-order valence-electron chi connectivity index (χ4n) is 0.963. The Bertz CT molecular complexity index is 282. The van der Waals surface area contributed by atoms with Crippen LogP contribution in [-0.2, 0) is 6.54 Å². The smallest absolute Gasteiger partial charge is 0.193 e. The summed E-state index contributed by atoms with van der Waals surface area (Å²) in [4.78, 5) is 3.90. The normalized spacial score (nSPS) is 12.0. The lowest BCUT2D eigenvalue weighted by Crippen LogP contribution is -2.04. The van der Waals surface area contributed by atoms with Gasteiger partial charge < -0.3 is 9.77 Å². The van der Waals surface area contributed by atoms with Crippen molar-refractivity contribution >= 4 is 16.8 Å². The van der Waals surface area contributed by atoms with E-state index in [0.717, 1.165) is 13.0 Å². The van der Waals surface area contributed by atoms with E-state index in [9.17, 15) is 0 Å². The molecule has 0 radical (unpaired) electrons. The lowest BCUT2D eigenvalue weighted by Gasteiger charge is -2.02. The number of nitrogens with zero attached hydrogens (tertiary/aromatic N) is 3. The Balaban J connectivity index is 2.91. The monoisotopic (exact) mass is 187 g/mol. The molecule has 1 aromatic rings. The molecular formula is C7H10ClN3O. The van der Waals surface area contributed by atoms with Crippen molar-refractivity contribution in [3.05, 3.63) is 18.2 Å². The molecule has 0 atom stereocenters. The van der Waals surface area contributed by atoms with Crippen LogP contribution in [0.1, 0.15) is 19.0 Å². The van der Waals surface area contributed by atoms with Gasteiger partial charge in [0.15, 0.2) is 5.17 Å². The van der Waals surface area contributed by atoms with Gasteiger partial charge in [0.05, 0.1) is 12.5 Å². The average Bonchev–Trinajstić information content (AvgIpc) is 2.52. The molecule has 0 aliphatic rings. The van der Waals surface area contributed by atoms with Crippen molar-refractivity contribution in [2.45, 2.75) is 19.9 Å². The molecule has 4 nitrogen and oxygen atoms in total. The van der Waals surface area contributed by atoms with E-state index < -0.39 is 0 Å². The van der Waals surface area contributed by atoms with Gasteiger partial charge in [0.2, 0.25) is 0 Å². The molecule has 1 rings (SSSR count). The quantitative estimate of drug-likeness (QED) is 0.445. The molecule has 0 unspecified atom stereocenters. The van der Waals surface area contributed by atoms with Gasteiger partial charge in [-0.3, -0.25) is 0 Å². The summed E-state index contributed by atoms with van der Waals surface area (Å²) in [5.41, 5.74) is 0.640. The first-order chi connectivity index (χ1) is 5.79. The van der Waals surface area contributed by atoms with Crippen molar-refractivity contribution in [2.75, 3.05) is 0 Å². The second kappa shape index (κ2) is 4.11. The summed E-state index contributed by atoms with van der Waals surface area (Å²) in [5, 5.41) is 11.4. The Kier molecular flexibility index (Phi) is 3.10. The maximum atomic E-state index is 8.41. The van der Waals surface area contributed by atoms with Gasteiger partial charge in [0.25, 0.3) is 0 Å². The van der Waals surface area contributed by atoms with E-state index >= 15 is 0 Å². The molecule has 0 aliphatic heterocycles. The molecule has 1 N–H and O–H groups in total. The molecule has 0 spiro atoms. The van der Waals surface area contributed by atoms with Crippen molar-refractivity contribution in [1.82, 2.24) is 9.55 Å². The maximum Gasteiger partial charge on any atom is 0.193 e. The Hall–Kier alpha value is -1.03. The summed E-state index contributed by atoms with van der Waals surface area (Å²) in [7, 11) is 0. The van der Waals surface area contributed by atoms with E-state index in [0.29, 0.717) is 5.69 Å². The number of oxime groups is 1. The number of imidazole rings is 1. The van der Waals surface area contributed by atoms with Gasteiger partial charge in [0, 0.05) is 6.54 Å². The summed E-state index contributed by atoms with van der Waals surface area (Å²) in [5.74, 6) is 0. The Morgan fingerprint density at radius 3 is 3.17 bits per heavy atom. The van der Waals surface area contributed by atoms with Crippen molar-refractivity contribution in [3.8, 4) is 0 Å². The summed E-state index contributed by atoms with van der Waals surface area (Å²) < 4.78 is 1.84. The van der Waals surface area contributed by atoms with Gasteiger partial charge in [-0.05, 0) is 6.42 Å². The number of rotatable bonds is 3. The van der Waals surface area contributed by atoms with Crippen molar-refractivity contribution in [2.24, 2.45) is 5.16 Å². The van der Waals surface area contributed by atoms with Crippen LogP contribution in [0.15, 0.2) is 17.7 Å². The number of aryl methyl sites for hydroxylation is 1. The molecule has 0 aliphatic carbocycles. The summed E-state index contributed by atoms with van der Waals surface area (Å²) in [6.45, 7) is 2.87. The van der Waals surface area contributed by atoms with Crippen LogP contribution >= 0.6 is 11.6 Å². The van der Waals surface area contributed by atoms with Crippen LogP contribution in [0.25, 0.3) is 0 Å². The third-order valence-corrected chi connectivity index (χ3v) is 1.75. The number of aromatic nitrogens is 2. The van der Waals surface area contributed by atoms with Crippen LogP contribution in [0.3, 0.4) is 0 Å². The van der Waals surface area contributed by atoms with E-state index in [-0.39, 0.29) is 5.17 Å². The highest BCUT2D eigenvalue weighted by Crippen LogP contribution is 2.05. The fourth-order valence-corrected chi connectivity index (χ4v) is 1.12. The summed E-state index contributed by atoms with van der Waals surface area (Å²) in [6, 6.07) is 0. The lowest BCUT2D eigenvalue weighted by atomic mass is 10.4. The van der Waals surface area contributed by atoms with Crippen LogP contribution in [0.2, 0.25) is 0 Å². The van der Waals surface area contributed by atoms with Crippen molar-refractivity contribution < 1.29 is 5.21 Å². The number of hydrogen-bond acceptors (Lipinski definition) is 3. The SMILES string of the molecule is CCCn1cncc1/C(Cl)=N/O. The van der Waals surface area contributed by atoms with Gasteiger partial charge in [-0.1, -0.05) is 23.7 Å². The third kappa shape index (κ3) is 1.76. The zero-order chi connectivity index (χ0) is 8.97. The van der Waals surface area contributed by atoms with Gasteiger partial charge in [-0.2, -0.15) is 0 Å². The minimum atomic E-state index is 0.0703. The Morgan fingerprint density at radius 2 is 2.58 bits per heavy atom. The molecule has 12 heavy (non-hydrogen) atoms. The molecule has 1 aromatic heterocycles. The second-order valence-corrected chi connectivity index (χ2v) is 2.72. The zero-order valence-corrected chi connectivity index (χ0v) is 7.49. The van der Waals surface area contributed by atoms with Crippen LogP contribution < -0.4 is 0 Å². The maximum absolute atomic E-state index is 8.41. The molecule has 0 bridgehead atoms. The Morgan fingerprint density at radius 1 is 1.83 bits per heavy atom. The first kappa shape index (κ1) is 9.06. The van der Waals surface area contributed by atoms with E-state index in [1.807, 2.05) is 11.5 Å². The predicted octanol–water partition coefficient (Wildman–Crippen LogP) is 1.67. The fraction of sp³-hybridized carbons (Fsp3) is 0.429. The van der Waals surface area contributed by atoms with Crippen molar-refractivity contribution in [3.63, 3.8) is 0 Å². The van der Waals surface area contributed by atoms with Gasteiger partial charge in [-0.15, -0.1) is 0 Å². The number of hydrogen-bond donors (Lipinski definition) is 1. The highest BCUT2D eigenvalue weighted by molar-refractivity contribution is 6.69. The molecule has 5 heteroatoms. The first-order valence-corrected chi connectivity index (χ1v) is 4.05. The lowest BCUT2D eigenvalue weighted by molar-refractivity contribution is 0.320. The minimum Gasteiger partial charge on any atom is -0.410 e. The number of halogens is 1. The summed E-state index contributed by atoms with van der Waals surface area (Å²) in [6.07, 6.45) is 4.21. The van der Waals surface area contributed by atoms with E-state index in [4.69, 9.17) is 16.8 Å². The molecule has 0 saturated carbocycles. The highest BCUT2D eigenvalue weighted by Gasteiger charge is 2.06. The molecular weight excluding hydrogens is 178 g/mol. The molecule has 0 amide bonds. The van der Waals surface area contributed by atoms with Crippen LogP contribution in [0.4, 0.5) is 0 Å². The standard InChI is InChI=1S/C7H10ClN3O/c1-2-3-11-5-9-4-6(11)7(8)10-12/h4-5,12H,2-3H2,1H3/b10-7-. The van der Waals surface area contributed by atoms with E-state index in [1.54, 1.807) is 12.5 Å². The van der Waals surface area contributed by atoms with E-state index in [2.05, 4.69) is 10.1 Å². The van der Waals surface area contributed by atoms with Crippen LogP contribution in [0, 0.1) is 0 Å². The largest absolute Gasteiger partial charge is 0.410 e. The molecule has 66 valence electrons. The molecule has 1 heterocycles. The molecule has 0 saturated heterocycles. The highest BCUT2D eigenvalue weighted by atomic mass is 35.5. The molecule has 0 fully saturated rings. The Labute approximate surface area is 75.5 Å². The topological polar surface area (TPSA) is 50.4 Å². The predicted molar refractivity (Wildman–Crippen MR) is 46.7 cm³/mol. The zero-order valence-electron chi connectivity index (χ0n) is 6.74. The summed E-state index contributed by atoms with van der Waals surface area (Å²) >= 11 is 5.61. The van der Waals surface area contributed by atoms with Crippen molar-refractivity contribution in [1.29, 1.82) is 0 Å². The first-order valence-electron chi connectivity index (χ1n) is 3.67. The third-order valence-electron chi connectivity index (χ3n) is 1.48. The van der Waals surface area contributed by atoms with Crippen LogP contribution in [0.5, 0.6) is 0 Å². The van der Waals surface area contributed by atoms with Gasteiger partial charge in [0.1, 0.15) is 5.69 Å². The van der Waals surface area contributed by atoms with Crippen LogP contribution in [-0.4, -0.2) is 19.9 Å². The van der Waals surface area contributed by atoms with Gasteiger partial charge in [-0.25, -0.2) is 4.98 Å². The average molecular weight is 188 g/mol. The minimum absolute atomic E-state index is 0.0703. The second-order valence-electron chi connectivity index (χ2n) is 2.36. The van der Waals surface area contributed by atoms with Gasteiger partial charge >= 0.3 is 0 Å². The van der Waals surface area contributed by atoms with E-state index in [1.165, 1.54) is 0 Å².